The molecule has 2 heterocycles. The van der Waals surface area contributed by atoms with E-state index < -0.39 is 0 Å². The highest BCUT2D eigenvalue weighted by Gasteiger charge is 2.20. The van der Waals surface area contributed by atoms with E-state index in [1.54, 1.807) is 0 Å². The number of piperidine rings is 1. The number of nitrogens with one attached hydrogen (secondary N) is 1. The normalized spacial score (nSPS) is 19.4. The third-order valence-corrected chi connectivity index (χ3v) is 4.11. The maximum atomic E-state index is 4.29. The first-order valence-corrected chi connectivity index (χ1v) is 7.69. The molecule has 20 heavy (non-hydrogen) atoms. The van der Waals surface area contributed by atoms with E-state index in [0.29, 0.717) is 6.04 Å². The van der Waals surface area contributed by atoms with E-state index in [2.05, 4.69) is 46.4 Å². The minimum atomic E-state index is 0.621. The van der Waals surface area contributed by atoms with Gasteiger partial charge in [0.1, 0.15) is 0 Å². The molecule has 0 saturated carbocycles. The molecule has 0 amide bonds. The summed E-state index contributed by atoms with van der Waals surface area (Å²) in [6.45, 7) is 5.60. The lowest BCUT2D eigenvalue weighted by Crippen LogP contribution is -2.46. The molecule has 0 radical (unpaired) electrons. The summed E-state index contributed by atoms with van der Waals surface area (Å²) in [6.07, 6.45) is 7.62. The molecule has 1 N–H and O–H groups in total. The second kappa shape index (κ2) is 6.23. The summed E-state index contributed by atoms with van der Waals surface area (Å²) in [4.78, 5) is 6.81. The maximum Gasteiger partial charge on any atom is 0.0462 e. The fourth-order valence-corrected chi connectivity index (χ4v) is 3.08. The van der Waals surface area contributed by atoms with E-state index in [1.165, 1.54) is 35.7 Å². The molecule has 2 aromatic rings. The molecule has 1 atom stereocenters. The number of hydrogen-bond donors (Lipinski definition) is 1. The molecule has 3 nitrogen and oxygen atoms in total. The van der Waals surface area contributed by atoms with Crippen molar-refractivity contribution in [1.82, 2.24) is 10.3 Å². The number of aromatic nitrogens is 1. The van der Waals surface area contributed by atoms with Crippen LogP contribution in [0.3, 0.4) is 0 Å². The first-order valence-electron chi connectivity index (χ1n) is 7.69. The van der Waals surface area contributed by atoms with Crippen LogP contribution >= 0.6 is 0 Å². The fourth-order valence-electron chi connectivity index (χ4n) is 3.08. The molecule has 3 heteroatoms. The van der Waals surface area contributed by atoms with Gasteiger partial charge in [0.05, 0.1) is 0 Å². The average Bonchev–Trinajstić information content (AvgIpc) is 2.52. The Morgan fingerprint density at radius 3 is 3.20 bits per heavy atom. The van der Waals surface area contributed by atoms with Crippen LogP contribution in [0.25, 0.3) is 10.8 Å². The van der Waals surface area contributed by atoms with Crippen molar-refractivity contribution in [1.29, 1.82) is 0 Å². The van der Waals surface area contributed by atoms with E-state index in [-0.39, 0.29) is 0 Å². The number of hydrogen-bond acceptors (Lipinski definition) is 3. The summed E-state index contributed by atoms with van der Waals surface area (Å²) in [5, 5.41) is 6.21. The van der Waals surface area contributed by atoms with E-state index in [4.69, 9.17) is 0 Å². The van der Waals surface area contributed by atoms with Gasteiger partial charge in [0.2, 0.25) is 0 Å². The Balaban J connectivity index is 1.83. The number of nitrogens with zero attached hydrogens (tertiary/aromatic N) is 2. The smallest absolute Gasteiger partial charge is 0.0462 e. The number of rotatable bonds is 4. The predicted molar refractivity (Wildman–Crippen MR) is 85.3 cm³/mol. The van der Waals surface area contributed by atoms with Crippen LogP contribution in [-0.2, 0) is 0 Å². The molecule has 1 saturated heterocycles. The van der Waals surface area contributed by atoms with Crippen LogP contribution in [0.1, 0.15) is 26.2 Å². The van der Waals surface area contributed by atoms with Crippen LogP contribution in [0.15, 0.2) is 36.7 Å². The number of anilines is 1. The molecule has 1 fully saturated rings. The summed E-state index contributed by atoms with van der Waals surface area (Å²) in [6, 6.07) is 9.26. The molecule has 0 bridgehead atoms. The Bertz CT molecular complexity index is 562. The first-order chi connectivity index (χ1) is 9.88. The van der Waals surface area contributed by atoms with Crippen LogP contribution in [0.2, 0.25) is 0 Å². The molecule has 1 aliphatic heterocycles. The summed E-state index contributed by atoms with van der Waals surface area (Å²) in [7, 11) is 0. The van der Waals surface area contributed by atoms with Gasteiger partial charge in [-0.25, -0.2) is 0 Å². The molecule has 1 aliphatic rings. The third kappa shape index (κ3) is 2.78. The average molecular weight is 269 g/mol. The molecule has 0 aliphatic carbocycles. The van der Waals surface area contributed by atoms with Gasteiger partial charge in [-0.2, -0.15) is 0 Å². The van der Waals surface area contributed by atoms with Gasteiger partial charge in [-0.05, 0) is 43.3 Å². The summed E-state index contributed by atoms with van der Waals surface area (Å²) >= 11 is 0. The number of pyridine rings is 1. The lowest BCUT2D eigenvalue weighted by atomic mass is 10.0. The Hall–Kier alpha value is -1.61. The molecule has 3 rings (SSSR count). The van der Waals surface area contributed by atoms with Gasteiger partial charge >= 0.3 is 0 Å². The van der Waals surface area contributed by atoms with E-state index >= 15 is 0 Å². The second-order valence-electron chi connectivity index (χ2n) is 5.61. The van der Waals surface area contributed by atoms with E-state index in [1.807, 2.05) is 12.4 Å². The van der Waals surface area contributed by atoms with Crippen molar-refractivity contribution in [3.63, 3.8) is 0 Å². The largest absolute Gasteiger partial charge is 0.369 e. The Kier molecular flexibility index (Phi) is 4.16. The fraction of sp³-hybridized carbons (Fsp3) is 0.471. The highest BCUT2D eigenvalue weighted by atomic mass is 15.2. The van der Waals surface area contributed by atoms with E-state index in [9.17, 15) is 0 Å². The van der Waals surface area contributed by atoms with Crippen LogP contribution < -0.4 is 10.2 Å². The minimum Gasteiger partial charge on any atom is -0.369 e. The quantitative estimate of drug-likeness (QED) is 0.924. The Morgan fingerprint density at radius 1 is 1.35 bits per heavy atom. The lowest BCUT2D eigenvalue weighted by Gasteiger charge is -2.35. The zero-order valence-corrected chi connectivity index (χ0v) is 12.2. The Labute approximate surface area is 121 Å². The Morgan fingerprint density at radius 2 is 2.30 bits per heavy atom. The summed E-state index contributed by atoms with van der Waals surface area (Å²) in [5.74, 6) is 0. The molecule has 1 aromatic heterocycles. The van der Waals surface area contributed by atoms with Gasteiger partial charge in [-0.1, -0.05) is 19.1 Å². The second-order valence-corrected chi connectivity index (χ2v) is 5.61. The van der Waals surface area contributed by atoms with Crippen molar-refractivity contribution in [2.75, 3.05) is 24.5 Å². The summed E-state index contributed by atoms with van der Waals surface area (Å²) in [5.41, 5.74) is 1.33. The summed E-state index contributed by atoms with van der Waals surface area (Å²) < 4.78 is 0. The SMILES string of the molecule is CCCNC1CCCN(c2cccc3ccncc23)C1. The van der Waals surface area contributed by atoms with Crippen molar-refractivity contribution in [3.05, 3.63) is 36.7 Å². The lowest BCUT2D eigenvalue weighted by molar-refractivity contribution is 0.424. The van der Waals surface area contributed by atoms with Crippen molar-refractivity contribution in [2.45, 2.75) is 32.2 Å². The zero-order valence-electron chi connectivity index (χ0n) is 12.2. The van der Waals surface area contributed by atoms with Crippen LogP contribution in [0, 0.1) is 0 Å². The predicted octanol–water partition coefficient (Wildman–Crippen LogP) is 3.20. The third-order valence-electron chi connectivity index (χ3n) is 4.11. The highest BCUT2D eigenvalue weighted by molar-refractivity contribution is 5.93. The molecule has 0 spiro atoms. The number of benzene rings is 1. The van der Waals surface area contributed by atoms with Gasteiger partial charge in [0, 0.05) is 42.6 Å². The van der Waals surface area contributed by atoms with Crippen molar-refractivity contribution in [2.24, 2.45) is 0 Å². The van der Waals surface area contributed by atoms with Gasteiger partial charge in [0.25, 0.3) is 0 Å². The van der Waals surface area contributed by atoms with Crippen LogP contribution in [0.4, 0.5) is 5.69 Å². The zero-order chi connectivity index (χ0) is 13.8. The van der Waals surface area contributed by atoms with E-state index in [0.717, 1.165) is 19.6 Å². The molecule has 1 aromatic carbocycles. The van der Waals surface area contributed by atoms with Crippen LogP contribution in [0.5, 0.6) is 0 Å². The van der Waals surface area contributed by atoms with Crippen molar-refractivity contribution in [3.8, 4) is 0 Å². The van der Waals surface area contributed by atoms with Gasteiger partial charge < -0.3 is 10.2 Å². The van der Waals surface area contributed by atoms with Gasteiger partial charge in [-0.3, -0.25) is 4.98 Å². The highest BCUT2D eigenvalue weighted by Crippen LogP contribution is 2.28. The monoisotopic (exact) mass is 269 g/mol. The van der Waals surface area contributed by atoms with Crippen molar-refractivity contribution < 1.29 is 0 Å². The standard InChI is InChI=1S/C17H23N3/c1-2-9-19-15-6-4-11-20(13-15)17-7-3-5-14-8-10-18-12-16(14)17/h3,5,7-8,10,12,15,19H,2,4,6,9,11,13H2,1H3. The molecule has 106 valence electrons. The minimum absolute atomic E-state index is 0.621. The molecular weight excluding hydrogens is 246 g/mol. The molecular formula is C17H23N3. The maximum absolute atomic E-state index is 4.29. The van der Waals surface area contributed by atoms with Crippen LogP contribution in [-0.4, -0.2) is 30.7 Å². The van der Waals surface area contributed by atoms with Gasteiger partial charge in [0.15, 0.2) is 0 Å². The first kappa shape index (κ1) is 13.4. The van der Waals surface area contributed by atoms with Crippen molar-refractivity contribution >= 4 is 16.5 Å². The molecule has 1 unspecified atom stereocenters. The van der Waals surface area contributed by atoms with Gasteiger partial charge in [-0.15, -0.1) is 0 Å². The topological polar surface area (TPSA) is 28.2 Å². The number of fused-ring (bicyclic) bond motifs is 1.